The van der Waals surface area contributed by atoms with Crippen LogP contribution in [0, 0.1) is 5.92 Å². The van der Waals surface area contributed by atoms with E-state index in [0.717, 1.165) is 0 Å². The van der Waals surface area contributed by atoms with Gasteiger partial charge in [0.2, 0.25) is 0 Å². The molecule has 6 nitrogen and oxygen atoms in total. The Balaban J connectivity index is 2.51. The van der Waals surface area contributed by atoms with E-state index in [0.29, 0.717) is 35.8 Å². The molecule has 1 heterocycles. The van der Waals surface area contributed by atoms with Crippen molar-refractivity contribution in [3.8, 4) is 17.2 Å². The largest absolute Gasteiger partial charge is 0.496 e. The van der Waals surface area contributed by atoms with E-state index in [1.165, 1.54) is 14.2 Å². The molecule has 2 atom stereocenters. The van der Waals surface area contributed by atoms with Crippen molar-refractivity contribution < 1.29 is 28.8 Å². The van der Waals surface area contributed by atoms with Gasteiger partial charge in [-0.2, -0.15) is 0 Å². The molecule has 1 N–H and O–H groups in total. The van der Waals surface area contributed by atoms with Crippen molar-refractivity contribution in [2.45, 2.75) is 12.5 Å². The van der Waals surface area contributed by atoms with E-state index < -0.39 is 18.0 Å². The van der Waals surface area contributed by atoms with Gasteiger partial charge in [0.05, 0.1) is 32.8 Å². The molecule has 6 heteroatoms. The summed E-state index contributed by atoms with van der Waals surface area (Å²) in [5.41, 5.74) is 0.612. The van der Waals surface area contributed by atoms with Gasteiger partial charge in [-0.1, -0.05) is 0 Å². The van der Waals surface area contributed by atoms with Crippen LogP contribution < -0.4 is 14.2 Å². The third-order valence-corrected chi connectivity index (χ3v) is 3.45. The maximum atomic E-state index is 11.3. The highest BCUT2D eigenvalue weighted by Gasteiger charge is 2.39. The number of hydrogen-bond donors (Lipinski definition) is 1. The zero-order valence-electron chi connectivity index (χ0n) is 11.7. The average molecular weight is 282 g/mol. The minimum absolute atomic E-state index is 0.403. The van der Waals surface area contributed by atoms with Crippen molar-refractivity contribution in [1.29, 1.82) is 0 Å². The maximum Gasteiger partial charge on any atom is 0.309 e. The number of methoxy groups -OCH3 is 3. The number of aliphatic carboxylic acids is 1. The average Bonchev–Trinajstić information content (AvgIpc) is 2.94. The molecule has 0 aromatic heterocycles. The molecule has 0 aliphatic carbocycles. The first-order valence-corrected chi connectivity index (χ1v) is 6.26. The van der Waals surface area contributed by atoms with Crippen LogP contribution in [0.1, 0.15) is 18.1 Å². The molecule has 1 saturated heterocycles. The van der Waals surface area contributed by atoms with Crippen LogP contribution in [0.5, 0.6) is 17.2 Å². The highest BCUT2D eigenvalue weighted by atomic mass is 16.5. The first kappa shape index (κ1) is 14.5. The molecule has 1 fully saturated rings. The molecule has 20 heavy (non-hydrogen) atoms. The van der Waals surface area contributed by atoms with Crippen LogP contribution in [0.15, 0.2) is 12.1 Å². The van der Waals surface area contributed by atoms with Gasteiger partial charge in [-0.05, 0) is 6.42 Å². The van der Waals surface area contributed by atoms with Crippen LogP contribution in [0.25, 0.3) is 0 Å². The lowest BCUT2D eigenvalue weighted by molar-refractivity contribution is -0.143. The zero-order valence-corrected chi connectivity index (χ0v) is 11.7. The number of benzene rings is 1. The summed E-state index contributed by atoms with van der Waals surface area (Å²) in [5, 5.41) is 9.29. The van der Waals surface area contributed by atoms with Gasteiger partial charge >= 0.3 is 5.97 Å². The summed E-state index contributed by atoms with van der Waals surface area (Å²) in [7, 11) is 4.57. The van der Waals surface area contributed by atoms with Crippen molar-refractivity contribution >= 4 is 5.97 Å². The van der Waals surface area contributed by atoms with E-state index in [4.69, 9.17) is 18.9 Å². The van der Waals surface area contributed by atoms with Crippen LogP contribution in [0.4, 0.5) is 0 Å². The second kappa shape index (κ2) is 6.00. The quantitative estimate of drug-likeness (QED) is 0.888. The molecule has 1 aliphatic heterocycles. The molecular weight excluding hydrogens is 264 g/mol. The number of rotatable bonds is 5. The summed E-state index contributed by atoms with van der Waals surface area (Å²) in [4.78, 5) is 11.3. The van der Waals surface area contributed by atoms with Gasteiger partial charge in [0.25, 0.3) is 0 Å². The lowest BCUT2D eigenvalue weighted by Gasteiger charge is -2.21. The molecular formula is C14H18O6. The predicted molar refractivity (Wildman–Crippen MR) is 70.5 cm³/mol. The molecule has 0 amide bonds. The fourth-order valence-electron chi connectivity index (χ4n) is 2.44. The third-order valence-electron chi connectivity index (χ3n) is 3.45. The van der Waals surface area contributed by atoms with Crippen LogP contribution in [-0.2, 0) is 9.53 Å². The summed E-state index contributed by atoms with van der Waals surface area (Å²) < 4.78 is 21.4. The number of carboxylic acids is 1. The molecule has 1 aromatic carbocycles. The number of carbonyl (C=O) groups is 1. The molecule has 0 radical (unpaired) electrons. The molecule has 2 unspecified atom stereocenters. The highest BCUT2D eigenvalue weighted by Crippen LogP contribution is 2.45. The fraction of sp³-hybridized carbons (Fsp3) is 0.500. The maximum absolute atomic E-state index is 11.3. The number of hydrogen-bond acceptors (Lipinski definition) is 5. The van der Waals surface area contributed by atoms with Gasteiger partial charge in [0.15, 0.2) is 0 Å². The summed E-state index contributed by atoms with van der Waals surface area (Å²) >= 11 is 0. The summed E-state index contributed by atoms with van der Waals surface area (Å²) in [6.07, 6.45) is -0.110. The van der Waals surface area contributed by atoms with E-state index in [2.05, 4.69) is 0 Å². The van der Waals surface area contributed by atoms with Gasteiger partial charge in [0, 0.05) is 18.7 Å². The van der Waals surface area contributed by atoms with Gasteiger partial charge < -0.3 is 24.1 Å². The molecule has 1 aliphatic rings. The second-order valence-electron chi connectivity index (χ2n) is 4.47. The van der Waals surface area contributed by atoms with E-state index >= 15 is 0 Å². The standard InChI is InChI=1S/C14H18O6/c1-17-8-6-10(18-2)12(11(7-8)19-3)13-9(14(15)16)4-5-20-13/h6-7,9,13H,4-5H2,1-3H3,(H,15,16). The van der Waals surface area contributed by atoms with Crippen molar-refractivity contribution in [2.24, 2.45) is 5.92 Å². The normalized spacial score (nSPS) is 21.6. The molecule has 110 valence electrons. The summed E-state index contributed by atoms with van der Waals surface area (Å²) in [6, 6.07) is 3.39. The minimum Gasteiger partial charge on any atom is -0.496 e. The Morgan fingerprint density at radius 1 is 1.20 bits per heavy atom. The fourth-order valence-corrected chi connectivity index (χ4v) is 2.44. The SMILES string of the molecule is COc1cc(OC)c(C2OCCC2C(=O)O)c(OC)c1. The monoisotopic (exact) mass is 282 g/mol. The van der Waals surface area contributed by atoms with Crippen LogP contribution in [-0.4, -0.2) is 39.0 Å². The van der Waals surface area contributed by atoms with Crippen LogP contribution in [0.2, 0.25) is 0 Å². The van der Waals surface area contributed by atoms with E-state index in [1.807, 2.05) is 0 Å². The Morgan fingerprint density at radius 3 is 2.25 bits per heavy atom. The van der Waals surface area contributed by atoms with Gasteiger partial charge in [-0.25, -0.2) is 0 Å². The second-order valence-corrected chi connectivity index (χ2v) is 4.47. The molecule has 2 rings (SSSR count). The lowest BCUT2D eigenvalue weighted by Crippen LogP contribution is -2.18. The van der Waals surface area contributed by atoms with Crippen molar-refractivity contribution in [3.05, 3.63) is 17.7 Å². The predicted octanol–water partition coefficient (Wildman–Crippen LogP) is 1.87. The molecule has 0 saturated carbocycles. The van der Waals surface area contributed by atoms with Gasteiger partial charge in [-0.15, -0.1) is 0 Å². The molecule has 1 aromatic rings. The Hall–Kier alpha value is -1.95. The zero-order chi connectivity index (χ0) is 14.7. The lowest BCUT2D eigenvalue weighted by atomic mass is 9.94. The number of ether oxygens (including phenoxy) is 4. The van der Waals surface area contributed by atoms with Crippen LogP contribution in [0.3, 0.4) is 0 Å². The Labute approximate surface area is 117 Å². The summed E-state index contributed by atoms with van der Waals surface area (Å²) in [6.45, 7) is 0.403. The Morgan fingerprint density at radius 2 is 1.80 bits per heavy atom. The van der Waals surface area contributed by atoms with E-state index in [9.17, 15) is 9.90 Å². The first-order chi connectivity index (χ1) is 9.62. The summed E-state index contributed by atoms with van der Waals surface area (Å²) in [5.74, 6) is 0.0876. The Bertz CT molecular complexity index is 473. The Kier molecular flexibility index (Phi) is 4.34. The first-order valence-electron chi connectivity index (χ1n) is 6.26. The van der Waals surface area contributed by atoms with Crippen LogP contribution >= 0.6 is 0 Å². The van der Waals surface area contributed by atoms with Crippen molar-refractivity contribution in [2.75, 3.05) is 27.9 Å². The third kappa shape index (κ3) is 2.51. The number of carboxylic acid groups (broad SMARTS) is 1. The highest BCUT2D eigenvalue weighted by molar-refractivity contribution is 5.72. The van der Waals surface area contributed by atoms with Gasteiger partial charge in [0.1, 0.15) is 23.4 Å². The van der Waals surface area contributed by atoms with E-state index in [1.54, 1.807) is 19.2 Å². The topological polar surface area (TPSA) is 74.2 Å². The van der Waals surface area contributed by atoms with Crippen molar-refractivity contribution in [1.82, 2.24) is 0 Å². The smallest absolute Gasteiger partial charge is 0.309 e. The van der Waals surface area contributed by atoms with Crippen molar-refractivity contribution in [3.63, 3.8) is 0 Å². The molecule has 0 spiro atoms. The van der Waals surface area contributed by atoms with Gasteiger partial charge in [-0.3, -0.25) is 4.79 Å². The van der Waals surface area contributed by atoms with E-state index in [-0.39, 0.29) is 0 Å². The minimum atomic E-state index is -0.882. The molecule has 0 bridgehead atoms.